The highest BCUT2D eigenvalue weighted by Gasteiger charge is 2.47. The van der Waals surface area contributed by atoms with E-state index in [0.717, 1.165) is 12.7 Å². The SMILES string of the molecule is COC(=O)N[C@H](Cc1ccc(OC)cc1)C(O)C(Cl)(Cl)C(=O)OC. The van der Waals surface area contributed by atoms with Gasteiger partial charge in [0.25, 0.3) is 0 Å². The first kappa shape index (κ1) is 20.3. The molecule has 0 spiro atoms. The van der Waals surface area contributed by atoms with Crippen molar-refractivity contribution >= 4 is 35.3 Å². The van der Waals surface area contributed by atoms with E-state index in [9.17, 15) is 14.7 Å². The molecule has 0 radical (unpaired) electrons. The van der Waals surface area contributed by atoms with Crippen molar-refractivity contribution in [3.63, 3.8) is 0 Å². The summed E-state index contributed by atoms with van der Waals surface area (Å²) in [6, 6.07) is 5.90. The molecule has 7 nitrogen and oxygen atoms in total. The third-order valence-corrected chi connectivity index (χ3v) is 4.07. The van der Waals surface area contributed by atoms with Gasteiger partial charge in [-0.3, -0.25) is 0 Å². The van der Waals surface area contributed by atoms with Crippen molar-refractivity contribution in [2.75, 3.05) is 21.3 Å². The zero-order chi connectivity index (χ0) is 18.3. The number of alkyl carbamates (subject to hydrolysis) is 1. The first-order valence-corrected chi connectivity index (χ1v) is 7.63. The van der Waals surface area contributed by atoms with Crippen molar-refractivity contribution in [1.82, 2.24) is 5.32 Å². The number of ether oxygens (including phenoxy) is 3. The standard InChI is InChI=1S/C15H19Cl2NO6/c1-22-10-6-4-9(5-7-10)8-11(18-14(21)24-3)12(19)15(16,17)13(20)23-2/h4-7,11-12,19H,8H2,1-3H3,(H,18,21)/t11-,12?/m1/s1. The molecule has 0 bridgehead atoms. The summed E-state index contributed by atoms with van der Waals surface area (Å²) >= 11 is 11.8. The average molecular weight is 380 g/mol. The number of nitrogens with one attached hydrogen (secondary N) is 1. The maximum absolute atomic E-state index is 11.7. The lowest BCUT2D eigenvalue weighted by Crippen LogP contribution is -2.54. The highest BCUT2D eigenvalue weighted by Crippen LogP contribution is 2.30. The molecule has 1 rings (SSSR count). The molecule has 2 atom stereocenters. The number of rotatable bonds is 7. The Labute approximate surface area is 149 Å². The first-order chi connectivity index (χ1) is 11.3. The largest absolute Gasteiger partial charge is 0.497 e. The summed E-state index contributed by atoms with van der Waals surface area (Å²) in [5, 5.41) is 12.8. The number of aliphatic hydroxyl groups excluding tert-OH is 1. The lowest BCUT2D eigenvalue weighted by atomic mass is 9.98. The number of hydrogen-bond donors (Lipinski definition) is 2. The minimum atomic E-state index is -2.26. The maximum Gasteiger partial charge on any atom is 0.407 e. The molecule has 1 amide bonds. The quantitative estimate of drug-likeness (QED) is 0.552. The van der Waals surface area contributed by atoms with Crippen LogP contribution < -0.4 is 10.1 Å². The number of amides is 1. The van der Waals surface area contributed by atoms with Gasteiger partial charge in [0.2, 0.25) is 4.33 Å². The van der Waals surface area contributed by atoms with Crippen LogP contribution in [0.25, 0.3) is 0 Å². The first-order valence-electron chi connectivity index (χ1n) is 6.88. The third kappa shape index (κ3) is 5.15. The van der Waals surface area contributed by atoms with Crippen LogP contribution in [0.3, 0.4) is 0 Å². The van der Waals surface area contributed by atoms with E-state index in [-0.39, 0.29) is 6.42 Å². The van der Waals surface area contributed by atoms with Gasteiger partial charge in [-0.1, -0.05) is 35.3 Å². The molecule has 0 heterocycles. The van der Waals surface area contributed by atoms with Crippen LogP contribution in [-0.2, 0) is 20.7 Å². The summed E-state index contributed by atoms with van der Waals surface area (Å²) in [6.07, 6.45) is -2.31. The number of carbonyl (C=O) groups is 2. The second-order valence-electron chi connectivity index (χ2n) is 4.85. The molecular formula is C15H19Cl2NO6. The number of methoxy groups -OCH3 is 3. The second kappa shape index (κ2) is 8.96. The van der Waals surface area contributed by atoms with Crippen LogP contribution in [0.5, 0.6) is 5.75 Å². The molecule has 0 saturated carbocycles. The Kier molecular flexibility index (Phi) is 7.59. The Morgan fingerprint density at radius 3 is 2.21 bits per heavy atom. The smallest absolute Gasteiger partial charge is 0.407 e. The molecular weight excluding hydrogens is 361 g/mol. The van der Waals surface area contributed by atoms with Crippen LogP contribution in [0.4, 0.5) is 4.79 Å². The Bertz CT molecular complexity index is 564. The lowest BCUT2D eigenvalue weighted by Gasteiger charge is -2.30. The van der Waals surface area contributed by atoms with Crippen LogP contribution in [-0.4, -0.2) is 55.0 Å². The summed E-state index contributed by atoms with van der Waals surface area (Å²) in [7, 11) is 3.79. The van der Waals surface area contributed by atoms with Crippen molar-refractivity contribution in [2.24, 2.45) is 0 Å². The van der Waals surface area contributed by atoms with E-state index in [0.29, 0.717) is 5.75 Å². The lowest BCUT2D eigenvalue weighted by molar-refractivity contribution is -0.144. The summed E-state index contributed by atoms with van der Waals surface area (Å²) < 4.78 is 11.8. The van der Waals surface area contributed by atoms with Crippen LogP contribution in [0, 0.1) is 0 Å². The molecule has 9 heteroatoms. The van der Waals surface area contributed by atoms with Gasteiger partial charge < -0.3 is 24.6 Å². The Hall–Kier alpha value is -1.70. The Balaban J connectivity index is 3.01. The summed E-state index contributed by atoms with van der Waals surface area (Å²) in [5.41, 5.74) is 0.741. The van der Waals surface area contributed by atoms with Gasteiger partial charge in [0.05, 0.1) is 27.4 Å². The predicted molar refractivity (Wildman–Crippen MR) is 88.5 cm³/mol. The van der Waals surface area contributed by atoms with E-state index in [1.165, 1.54) is 14.2 Å². The molecule has 0 fully saturated rings. The van der Waals surface area contributed by atoms with Gasteiger partial charge in [-0.25, -0.2) is 9.59 Å². The molecule has 2 N–H and O–H groups in total. The van der Waals surface area contributed by atoms with Gasteiger partial charge in [-0.2, -0.15) is 0 Å². The Morgan fingerprint density at radius 1 is 1.17 bits per heavy atom. The molecule has 0 aliphatic heterocycles. The monoisotopic (exact) mass is 379 g/mol. The average Bonchev–Trinajstić information content (AvgIpc) is 2.59. The normalized spacial score (nSPS) is 13.6. The van der Waals surface area contributed by atoms with Crippen LogP contribution in [0.1, 0.15) is 5.56 Å². The van der Waals surface area contributed by atoms with Crippen LogP contribution in [0.2, 0.25) is 0 Å². The molecule has 24 heavy (non-hydrogen) atoms. The van der Waals surface area contributed by atoms with E-state index >= 15 is 0 Å². The van der Waals surface area contributed by atoms with E-state index < -0.39 is 28.5 Å². The van der Waals surface area contributed by atoms with E-state index in [2.05, 4.69) is 14.8 Å². The molecule has 134 valence electrons. The topological polar surface area (TPSA) is 94.1 Å². The van der Waals surface area contributed by atoms with Gasteiger partial charge in [0.1, 0.15) is 11.9 Å². The van der Waals surface area contributed by atoms with E-state index in [1.54, 1.807) is 24.3 Å². The summed E-state index contributed by atoms with van der Waals surface area (Å²) in [4.78, 5) is 23.2. The zero-order valence-corrected chi connectivity index (χ0v) is 14.9. The van der Waals surface area contributed by atoms with Crippen molar-refractivity contribution in [1.29, 1.82) is 0 Å². The molecule has 1 aromatic carbocycles. The van der Waals surface area contributed by atoms with Gasteiger partial charge in [0.15, 0.2) is 0 Å². The second-order valence-corrected chi connectivity index (χ2v) is 6.24. The van der Waals surface area contributed by atoms with Gasteiger partial charge in [0, 0.05) is 0 Å². The van der Waals surface area contributed by atoms with Crippen molar-refractivity contribution in [3.05, 3.63) is 29.8 Å². The predicted octanol–water partition coefficient (Wildman–Crippen LogP) is 1.67. The molecule has 0 aromatic heterocycles. The van der Waals surface area contributed by atoms with Crippen LogP contribution >= 0.6 is 23.2 Å². The number of benzene rings is 1. The fourth-order valence-corrected chi connectivity index (χ4v) is 2.44. The summed E-state index contributed by atoms with van der Waals surface area (Å²) in [5.74, 6) is -0.389. The maximum atomic E-state index is 11.7. The van der Waals surface area contributed by atoms with Crippen LogP contribution in [0.15, 0.2) is 24.3 Å². The molecule has 0 aliphatic carbocycles. The Morgan fingerprint density at radius 2 is 1.75 bits per heavy atom. The van der Waals surface area contributed by atoms with E-state index in [1.807, 2.05) is 0 Å². The number of halogens is 2. The molecule has 0 aliphatic rings. The van der Waals surface area contributed by atoms with E-state index in [4.69, 9.17) is 27.9 Å². The minimum absolute atomic E-state index is 0.137. The molecule has 0 saturated heterocycles. The van der Waals surface area contributed by atoms with Crippen molar-refractivity contribution in [2.45, 2.75) is 22.9 Å². The number of hydrogen-bond acceptors (Lipinski definition) is 6. The highest BCUT2D eigenvalue weighted by molar-refractivity contribution is 6.58. The summed E-state index contributed by atoms with van der Waals surface area (Å²) in [6.45, 7) is 0. The van der Waals surface area contributed by atoms with Gasteiger partial charge in [-0.15, -0.1) is 0 Å². The zero-order valence-electron chi connectivity index (χ0n) is 13.4. The van der Waals surface area contributed by atoms with Gasteiger partial charge >= 0.3 is 12.1 Å². The molecule has 1 unspecified atom stereocenters. The van der Waals surface area contributed by atoms with Crippen molar-refractivity contribution < 1.29 is 28.9 Å². The fraction of sp³-hybridized carbons (Fsp3) is 0.467. The highest BCUT2D eigenvalue weighted by atomic mass is 35.5. The minimum Gasteiger partial charge on any atom is -0.497 e. The van der Waals surface area contributed by atoms with Gasteiger partial charge in [-0.05, 0) is 24.1 Å². The number of carbonyl (C=O) groups excluding carboxylic acids is 2. The number of aliphatic hydroxyl groups is 1. The number of alkyl halides is 2. The number of esters is 1. The van der Waals surface area contributed by atoms with Crippen molar-refractivity contribution in [3.8, 4) is 5.75 Å². The fourth-order valence-electron chi connectivity index (χ4n) is 1.98. The third-order valence-electron chi connectivity index (χ3n) is 3.31. The molecule has 1 aromatic rings.